The molecule has 8 fully saturated rings. The molecule has 15 atom stereocenters. The number of rotatable bonds is 10. The van der Waals surface area contributed by atoms with Crippen LogP contribution in [0, 0.1) is 75.9 Å². The van der Waals surface area contributed by atoms with Crippen molar-refractivity contribution in [2.24, 2.45) is 75.9 Å². The van der Waals surface area contributed by atoms with Crippen LogP contribution in [0.1, 0.15) is 237 Å². The van der Waals surface area contributed by atoms with Gasteiger partial charge in [0.2, 0.25) is 0 Å². The summed E-state index contributed by atoms with van der Waals surface area (Å²) in [5.74, 6) is 8.93. The lowest BCUT2D eigenvalue weighted by Gasteiger charge is -2.55. The third kappa shape index (κ3) is 10.8. The molecule has 0 amide bonds. The van der Waals surface area contributed by atoms with Gasteiger partial charge >= 0.3 is 0 Å². The van der Waals surface area contributed by atoms with E-state index in [0.29, 0.717) is 16.7 Å². The van der Waals surface area contributed by atoms with E-state index in [4.69, 9.17) is 4.74 Å². The molecule has 0 radical (unpaired) electrons. The monoisotopic (exact) mass is 919 g/mol. The highest BCUT2D eigenvalue weighted by atomic mass is 16.5. The Morgan fingerprint density at radius 1 is 0.561 bits per heavy atom. The van der Waals surface area contributed by atoms with Crippen LogP contribution in [0.15, 0.2) is 34.9 Å². The molecule has 1 aliphatic heterocycles. The number of fused-ring (bicyclic) bond motifs is 10. The Morgan fingerprint density at radius 3 is 1.58 bits per heavy atom. The second-order valence-corrected chi connectivity index (χ2v) is 25.5. The fourth-order valence-electron chi connectivity index (χ4n) is 17.3. The van der Waals surface area contributed by atoms with Gasteiger partial charge in [0.05, 0.1) is 22.4 Å². The van der Waals surface area contributed by atoms with Gasteiger partial charge in [0.15, 0.2) is 0 Å². The molecule has 0 aromatic rings. The van der Waals surface area contributed by atoms with Crippen molar-refractivity contribution in [3.8, 4) is 0 Å². The Bertz CT molecular complexity index is 1640. The normalized spacial score (nSPS) is 43.5. The van der Waals surface area contributed by atoms with Gasteiger partial charge in [0, 0.05) is 13.2 Å². The molecule has 5 nitrogen and oxygen atoms in total. The molecule has 11 rings (SSSR count). The number of ether oxygens (including phenoxy) is 1. The molecule has 7 saturated carbocycles. The molecular formula is C61H106O5. The lowest BCUT2D eigenvalue weighted by molar-refractivity contribution is -0.0466. The molecule has 0 aromatic carbocycles. The smallest absolute Gasteiger partial charge is 0.0682 e. The molecule has 1 heterocycles. The minimum absolute atomic E-state index is 0. The summed E-state index contributed by atoms with van der Waals surface area (Å²) in [7, 11) is 0. The summed E-state index contributed by atoms with van der Waals surface area (Å²) in [6.45, 7) is 16.4. The maximum absolute atomic E-state index is 10.9. The van der Waals surface area contributed by atoms with E-state index < -0.39 is 11.2 Å². The minimum atomic E-state index is -0.429. The second-order valence-electron chi connectivity index (χ2n) is 25.5. The van der Waals surface area contributed by atoms with Gasteiger partial charge in [-0.2, -0.15) is 0 Å². The van der Waals surface area contributed by atoms with Crippen molar-refractivity contribution in [3.05, 3.63) is 34.9 Å². The van der Waals surface area contributed by atoms with Crippen LogP contribution in [0.4, 0.5) is 0 Å². The van der Waals surface area contributed by atoms with Crippen molar-refractivity contribution in [3.63, 3.8) is 0 Å². The summed E-state index contributed by atoms with van der Waals surface area (Å²) in [5, 5.41) is 42.3. The number of allylic oxidation sites excluding steroid dienone is 4. The molecule has 0 bridgehead atoms. The van der Waals surface area contributed by atoms with E-state index in [0.717, 1.165) is 156 Å². The second kappa shape index (κ2) is 21.0. The fourth-order valence-corrected chi connectivity index (χ4v) is 17.3. The topological polar surface area (TPSA) is 90.2 Å². The van der Waals surface area contributed by atoms with Crippen molar-refractivity contribution >= 4 is 0 Å². The highest BCUT2D eigenvalue weighted by molar-refractivity contribution is 5.30. The Morgan fingerprint density at radius 2 is 1.08 bits per heavy atom. The van der Waals surface area contributed by atoms with Gasteiger partial charge in [0.1, 0.15) is 0 Å². The van der Waals surface area contributed by atoms with Crippen LogP contribution in [0.25, 0.3) is 0 Å². The molecule has 380 valence electrons. The molecule has 4 N–H and O–H groups in total. The Labute approximate surface area is 407 Å². The highest BCUT2D eigenvalue weighted by Gasteiger charge is 2.58. The lowest BCUT2D eigenvalue weighted by Crippen LogP contribution is -2.48. The van der Waals surface area contributed by atoms with Crippen LogP contribution < -0.4 is 0 Å². The largest absolute Gasteiger partial charge is 0.390 e. The fraction of sp³-hybridized carbons (Fsp3) is 0.902. The van der Waals surface area contributed by atoms with Crippen molar-refractivity contribution in [1.29, 1.82) is 0 Å². The molecule has 0 spiro atoms. The molecule has 1 saturated heterocycles. The molecular weight excluding hydrogens is 813 g/mol. The van der Waals surface area contributed by atoms with Gasteiger partial charge in [0.25, 0.3) is 0 Å². The Kier molecular flexibility index (Phi) is 17.3. The minimum Gasteiger partial charge on any atom is -0.390 e. The highest BCUT2D eigenvalue weighted by Crippen LogP contribution is 2.66. The molecule has 0 unspecified atom stereocenters. The van der Waals surface area contributed by atoms with Gasteiger partial charge in [-0.3, -0.25) is 0 Å². The first-order chi connectivity index (χ1) is 30.0. The average Bonchev–Trinajstić information content (AvgIpc) is 3.92. The van der Waals surface area contributed by atoms with Crippen LogP contribution in [0.2, 0.25) is 0 Å². The van der Waals surface area contributed by atoms with Crippen LogP contribution in [-0.4, -0.2) is 56.0 Å². The van der Waals surface area contributed by atoms with Crippen molar-refractivity contribution in [2.75, 3.05) is 13.2 Å². The molecule has 0 aromatic heterocycles. The third-order valence-electron chi connectivity index (χ3n) is 22.0. The summed E-state index contributed by atoms with van der Waals surface area (Å²) in [6, 6.07) is 0. The predicted octanol–water partition coefficient (Wildman–Crippen LogP) is 15.1. The van der Waals surface area contributed by atoms with Crippen molar-refractivity contribution < 1.29 is 25.2 Å². The number of hydrogen-bond acceptors (Lipinski definition) is 5. The average molecular weight is 920 g/mol. The van der Waals surface area contributed by atoms with Crippen LogP contribution in [0.5, 0.6) is 0 Å². The first kappa shape index (κ1) is 54.4. The summed E-state index contributed by atoms with van der Waals surface area (Å²) >= 11 is 0. The first-order valence-corrected chi connectivity index (χ1v) is 27.6. The zero-order valence-corrected chi connectivity index (χ0v) is 41.3. The quantitative estimate of drug-likeness (QED) is 0.164. The van der Waals surface area contributed by atoms with E-state index in [9.17, 15) is 20.4 Å². The van der Waals surface area contributed by atoms with Crippen LogP contribution in [0.3, 0.4) is 0 Å². The number of hydrogen-bond donors (Lipinski definition) is 4. The lowest BCUT2D eigenvalue weighted by atomic mass is 9.50. The summed E-state index contributed by atoms with van der Waals surface area (Å²) < 4.78 is 4.94. The van der Waals surface area contributed by atoms with Gasteiger partial charge in [-0.25, -0.2) is 0 Å². The predicted molar refractivity (Wildman–Crippen MR) is 277 cm³/mol. The van der Waals surface area contributed by atoms with Crippen LogP contribution in [-0.2, 0) is 4.74 Å². The van der Waals surface area contributed by atoms with Gasteiger partial charge in [-0.05, 0) is 249 Å². The SMILES string of the molecule is C.C.C.C1CCOC1.CC[C@]1(O)CC[C@H]2C(=CC[C@@H]3[C@@H]2CC[C@]2(C)C([C@H](C)CCC4(O)CC4)=CC[C@@H]32)C1.CC[C@]1(O)CC[C@H]2C(=CC[C@@H]3[C@@H]2CC[C@]2(C)[C@@H]([C@H](C)CCC4(O)CC4)CC[C@@H]32)C1. The summed E-state index contributed by atoms with van der Waals surface area (Å²) in [5.41, 5.74) is 4.42. The molecule has 66 heavy (non-hydrogen) atoms. The Hall–Kier alpha value is -0.980. The van der Waals surface area contributed by atoms with E-state index in [1.165, 1.54) is 89.9 Å². The standard InChI is InChI=1S/C27H44O2.C27H42O2.C4H8O.3CH4/c2*1-4-26(28)14-11-20-19(17-26)5-6-22-21(20)10-12-25(3)23(7-8-24(22)25)18(2)9-13-27(29)15-16-27;1-2-4-5-3-1;;;/h5,18,20-24,28-29H,4,6-17H2,1-3H3;5,7,18,20-22,24,28-29H,4,6,8-17H2,1-3H3;1-4H2;3*1H4/t18-,20+,21-,22-,23-,24+,25-,26+;18-,20+,21-,22-,24+,25-,26+;;;;/m11..../s1. The van der Waals surface area contributed by atoms with Crippen molar-refractivity contribution in [2.45, 2.75) is 260 Å². The zero-order valence-electron chi connectivity index (χ0n) is 41.3. The summed E-state index contributed by atoms with van der Waals surface area (Å²) in [6.07, 6.45) is 39.1. The van der Waals surface area contributed by atoms with Crippen LogP contribution >= 0.6 is 0 Å². The Balaban J connectivity index is 0.000000189. The maximum atomic E-state index is 10.9. The van der Waals surface area contributed by atoms with Gasteiger partial charge in [-0.15, -0.1) is 0 Å². The van der Waals surface area contributed by atoms with Gasteiger partial charge < -0.3 is 25.2 Å². The van der Waals surface area contributed by atoms with E-state index in [1.54, 1.807) is 16.7 Å². The number of aliphatic hydroxyl groups is 4. The van der Waals surface area contributed by atoms with Gasteiger partial charge in [-0.1, -0.05) is 98.8 Å². The third-order valence-corrected chi connectivity index (χ3v) is 22.0. The van der Waals surface area contributed by atoms with E-state index in [1.807, 2.05) is 0 Å². The van der Waals surface area contributed by atoms with E-state index in [-0.39, 0.29) is 33.5 Å². The molecule has 11 aliphatic rings. The van der Waals surface area contributed by atoms with E-state index in [2.05, 4.69) is 59.8 Å². The van der Waals surface area contributed by atoms with Crippen molar-refractivity contribution in [1.82, 2.24) is 0 Å². The maximum Gasteiger partial charge on any atom is 0.0682 e. The zero-order chi connectivity index (χ0) is 44.4. The van der Waals surface area contributed by atoms with E-state index >= 15 is 0 Å². The molecule has 10 aliphatic carbocycles. The first-order valence-electron chi connectivity index (χ1n) is 27.6. The summed E-state index contributed by atoms with van der Waals surface area (Å²) in [4.78, 5) is 0. The molecule has 5 heteroatoms.